The van der Waals surface area contributed by atoms with E-state index < -0.39 is 34.9 Å². The zero-order valence-corrected chi connectivity index (χ0v) is 14.2. The van der Waals surface area contributed by atoms with Crippen molar-refractivity contribution in [1.82, 2.24) is 5.32 Å². The smallest absolute Gasteiger partial charge is 0.416 e. The highest BCUT2D eigenvalue weighted by Gasteiger charge is 2.32. The average Bonchev–Trinajstić information content (AvgIpc) is 2.65. The van der Waals surface area contributed by atoms with Crippen LogP contribution < -0.4 is 10.1 Å². The first-order valence-corrected chi connectivity index (χ1v) is 8.44. The van der Waals surface area contributed by atoms with Crippen molar-refractivity contribution in [2.45, 2.75) is 31.5 Å². The van der Waals surface area contributed by atoms with E-state index in [4.69, 9.17) is 4.74 Å². The van der Waals surface area contributed by atoms with Crippen LogP contribution in [0.5, 0.6) is 5.75 Å². The van der Waals surface area contributed by atoms with E-state index in [1.54, 1.807) is 0 Å². The molecular formula is C19H17F6NO. The summed E-state index contributed by atoms with van der Waals surface area (Å²) in [6.07, 6.45) is -3.23. The minimum atomic E-state index is -4.50. The molecule has 27 heavy (non-hydrogen) atoms. The van der Waals surface area contributed by atoms with Gasteiger partial charge in [0.15, 0.2) is 17.4 Å². The zero-order chi connectivity index (χ0) is 19.6. The quantitative estimate of drug-likeness (QED) is 0.576. The lowest BCUT2D eigenvalue weighted by molar-refractivity contribution is -0.137. The summed E-state index contributed by atoms with van der Waals surface area (Å²) in [6.45, 7) is 0.956. The van der Waals surface area contributed by atoms with Crippen LogP contribution in [0.1, 0.15) is 35.4 Å². The Kier molecular flexibility index (Phi) is 5.64. The van der Waals surface area contributed by atoms with Crippen LogP contribution in [0.4, 0.5) is 26.3 Å². The van der Waals surface area contributed by atoms with Crippen LogP contribution in [0.15, 0.2) is 30.3 Å². The van der Waals surface area contributed by atoms with Crippen LogP contribution in [0, 0.1) is 17.5 Å². The fraction of sp³-hybridized carbons (Fsp3) is 0.368. The number of hydrogen-bond acceptors (Lipinski definition) is 2. The third-order valence-corrected chi connectivity index (χ3v) is 4.63. The van der Waals surface area contributed by atoms with Gasteiger partial charge in [0.2, 0.25) is 5.82 Å². The summed E-state index contributed by atoms with van der Waals surface area (Å²) in [5.74, 6) is -4.83. The predicted molar refractivity (Wildman–Crippen MR) is 86.9 cm³/mol. The molecule has 0 aliphatic carbocycles. The SMILES string of the molecule is Fc1ccc(F)c(OCc2ccc(C(F)(F)F)cc2C2CCNCC2)c1F. The number of hydrogen-bond donors (Lipinski definition) is 1. The van der Waals surface area contributed by atoms with Gasteiger partial charge in [0.05, 0.1) is 5.56 Å². The van der Waals surface area contributed by atoms with Crippen LogP contribution >= 0.6 is 0 Å². The van der Waals surface area contributed by atoms with Crippen molar-refractivity contribution in [3.63, 3.8) is 0 Å². The van der Waals surface area contributed by atoms with Crippen molar-refractivity contribution in [1.29, 1.82) is 0 Å². The van der Waals surface area contributed by atoms with Crippen LogP contribution in [-0.4, -0.2) is 13.1 Å². The molecule has 1 heterocycles. The van der Waals surface area contributed by atoms with Gasteiger partial charge in [-0.15, -0.1) is 0 Å². The van der Waals surface area contributed by atoms with Crippen molar-refractivity contribution in [2.75, 3.05) is 13.1 Å². The van der Waals surface area contributed by atoms with Crippen LogP contribution in [0.3, 0.4) is 0 Å². The Hall–Kier alpha value is -2.22. The minimum Gasteiger partial charge on any atom is -0.483 e. The molecule has 2 aromatic rings. The molecule has 0 bridgehead atoms. The van der Waals surface area contributed by atoms with E-state index in [-0.39, 0.29) is 12.5 Å². The maximum atomic E-state index is 13.7. The van der Waals surface area contributed by atoms with Crippen LogP contribution in [0.2, 0.25) is 0 Å². The van der Waals surface area contributed by atoms with E-state index in [0.717, 1.165) is 18.2 Å². The van der Waals surface area contributed by atoms with Gasteiger partial charge in [-0.25, -0.2) is 8.78 Å². The van der Waals surface area contributed by atoms with E-state index in [9.17, 15) is 26.3 Å². The summed E-state index contributed by atoms with van der Waals surface area (Å²) in [5.41, 5.74) is 0.0319. The molecule has 0 unspecified atom stereocenters. The second-order valence-corrected chi connectivity index (χ2v) is 6.40. The van der Waals surface area contributed by atoms with Gasteiger partial charge in [0.1, 0.15) is 6.61 Å². The second kappa shape index (κ2) is 7.80. The number of rotatable bonds is 4. The number of ether oxygens (including phenoxy) is 1. The Bertz CT molecular complexity index is 815. The Balaban J connectivity index is 1.91. The third kappa shape index (κ3) is 4.37. The molecule has 0 aromatic heterocycles. The molecule has 0 spiro atoms. The highest BCUT2D eigenvalue weighted by Crippen LogP contribution is 2.36. The molecule has 2 aromatic carbocycles. The molecule has 146 valence electrons. The van der Waals surface area contributed by atoms with E-state index >= 15 is 0 Å². The molecule has 3 rings (SSSR count). The van der Waals surface area contributed by atoms with Crippen molar-refractivity contribution >= 4 is 0 Å². The first-order valence-electron chi connectivity index (χ1n) is 8.44. The Morgan fingerprint density at radius 3 is 2.30 bits per heavy atom. The van der Waals surface area contributed by atoms with Gasteiger partial charge in [-0.1, -0.05) is 6.07 Å². The summed E-state index contributed by atoms with van der Waals surface area (Å²) in [7, 11) is 0. The highest BCUT2D eigenvalue weighted by atomic mass is 19.4. The lowest BCUT2D eigenvalue weighted by Crippen LogP contribution is -2.27. The first kappa shape index (κ1) is 19.5. The second-order valence-electron chi connectivity index (χ2n) is 6.40. The van der Waals surface area contributed by atoms with Gasteiger partial charge in [-0.3, -0.25) is 0 Å². The topological polar surface area (TPSA) is 21.3 Å². The predicted octanol–water partition coefficient (Wildman–Crippen LogP) is 5.17. The molecule has 1 saturated heterocycles. The summed E-state index contributed by atoms with van der Waals surface area (Å²) in [6, 6.07) is 4.58. The van der Waals surface area contributed by atoms with Crippen molar-refractivity contribution in [2.24, 2.45) is 0 Å². The lowest BCUT2D eigenvalue weighted by atomic mass is 9.86. The van der Waals surface area contributed by atoms with E-state index in [1.165, 1.54) is 6.07 Å². The molecule has 0 radical (unpaired) electrons. The third-order valence-electron chi connectivity index (χ3n) is 4.63. The number of benzene rings is 2. The monoisotopic (exact) mass is 389 g/mol. The van der Waals surface area contributed by atoms with Gasteiger partial charge in [0.25, 0.3) is 0 Å². The van der Waals surface area contributed by atoms with Gasteiger partial charge >= 0.3 is 6.18 Å². The molecular weight excluding hydrogens is 372 g/mol. The number of piperidine rings is 1. The van der Waals surface area contributed by atoms with E-state index in [0.29, 0.717) is 43.1 Å². The van der Waals surface area contributed by atoms with Gasteiger partial charge in [-0.05, 0) is 67.2 Å². The fourth-order valence-corrected chi connectivity index (χ4v) is 3.21. The zero-order valence-electron chi connectivity index (χ0n) is 14.2. The van der Waals surface area contributed by atoms with Crippen LogP contribution in [0.25, 0.3) is 0 Å². The molecule has 0 amide bonds. The number of nitrogens with one attached hydrogen (secondary N) is 1. The molecule has 1 aliphatic heterocycles. The van der Waals surface area contributed by atoms with Crippen molar-refractivity contribution in [3.05, 3.63) is 64.5 Å². The van der Waals surface area contributed by atoms with E-state index in [2.05, 4.69) is 5.32 Å². The van der Waals surface area contributed by atoms with Crippen molar-refractivity contribution in [3.8, 4) is 5.75 Å². The maximum Gasteiger partial charge on any atom is 0.416 e. The van der Waals surface area contributed by atoms with Gasteiger partial charge < -0.3 is 10.1 Å². The lowest BCUT2D eigenvalue weighted by Gasteiger charge is -2.26. The summed E-state index contributed by atoms with van der Waals surface area (Å²) in [5, 5.41) is 3.13. The molecule has 8 heteroatoms. The first-order chi connectivity index (χ1) is 12.8. The Morgan fingerprint density at radius 2 is 1.63 bits per heavy atom. The molecule has 1 fully saturated rings. The molecule has 1 aliphatic rings. The molecule has 0 saturated carbocycles. The Labute approximate surface area is 152 Å². The highest BCUT2D eigenvalue weighted by molar-refractivity contribution is 5.37. The summed E-state index contributed by atoms with van der Waals surface area (Å²) >= 11 is 0. The Morgan fingerprint density at radius 1 is 0.963 bits per heavy atom. The molecule has 1 N–H and O–H groups in total. The fourth-order valence-electron chi connectivity index (χ4n) is 3.21. The number of halogens is 6. The van der Waals surface area contributed by atoms with Gasteiger partial charge in [-0.2, -0.15) is 17.6 Å². The van der Waals surface area contributed by atoms with E-state index in [1.807, 2.05) is 0 Å². The number of alkyl halides is 3. The van der Waals surface area contributed by atoms with Crippen molar-refractivity contribution < 1.29 is 31.1 Å². The maximum absolute atomic E-state index is 13.7. The summed E-state index contributed by atoms with van der Waals surface area (Å²) in [4.78, 5) is 0. The largest absolute Gasteiger partial charge is 0.483 e. The standard InChI is InChI=1S/C19H17F6NO/c20-15-3-4-16(21)18(17(15)22)27-10-12-1-2-13(19(23,24)25)9-14(12)11-5-7-26-8-6-11/h1-4,9,11,26H,5-8,10H2. The minimum absolute atomic E-state index is 0.130. The van der Waals surface area contributed by atoms with Gasteiger partial charge in [0, 0.05) is 0 Å². The van der Waals surface area contributed by atoms with Crippen LogP contribution in [-0.2, 0) is 12.8 Å². The average molecular weight is 389 g/mol. The summed E-state index contributed by atoms with van der Waals surface area (Å²) < 4.78 is 85.1. The molecule has 0 atom stereocenters. The molecule has 2 nitrogen and oxygen atoms in total. The normalized spacial score (nSPS) is 15.8.